The Bertz CT molecular complexity index is 1140. The first-order valence-corrected chi connectivity index (χ1v) is 8.64. The Labute approximate surface area is 168 Å². The average molecular weight is 419 g/mol. The molecule has 0 spiro atoms. The highest BCUT2D eigenvalue weighted by molar-refractivity contribution is 5.83. The minimum absolute atomic E-state index is 0.0370. The number of aryl methyl sites for hydroxylation is 1. The predicted octanol–water partition coefficient (Wildman–Crippen LogP) is 1.37. The number of alkyl halides is 3. The van der Waals surface area contributed by atoms with Gasteiger partial charge in [0, 0.05) is 19.2 Å². The maximum absolute atomic E-state index is 13.6. The SMILES string of the molecule is Cn1nnc2c(C#N)nc(-c3ccc(OCCNCC(N)=O)c(C(F)(F)F)c3)cc21. The number of pyridine rings is 1. The summed E-state index contributed by atoms with van der Waals surface area (Å²) in [5, 5.41) is 19.6. The van der Waals surface area contributed by atoms with Crippen LogP contribution in [-0.4, -0.2) is 45.6 Å². The molecule has 3 rings (SSSR count). The number of aromatic nitrogens is 4. The molecule has 0 radical (unpaired) electrons. The molecule has 0 aliphatic heterocycles. The van der Waals surface area contributed by atoms with Gasteiger partial charge in [0.05, 0.1) is 23.3 Å². The highest BCUT2D eigenvalue weighted by Crippen LogP contribution is 2.39. The third-order valence-electron chi connectivity index (χ3n) is 4.12. The fourth-order valence-electron chi connectivity index (χ4n) is 2.74. The van der Waals surface area contributed by atoms with Crippen molar-refractivity contribution in [1.29, 1.82) is 5.26 Å². The number of hydrogen-bond acceptors (Lipinski definition) is 7. The van der Waals surface area contributed by atoms with Crippen LogP contribution in [0, 0.1) is 11.3 Å². The molecule has 3 aromatic rings. The lowest BCUT2D eigenvalue weighted by Crippen LogP contribution is -2.31. The van der Waals surface area contributed by atoms with Gasteiger partial charge in [-0.15, -0.1) is 5.10 Å². The number of ether oxygens (including phenoxy) is 1. The lowest BCUT2D eigenvalue weighted by atomic mass is 10.1. The normalized spacial score (nSPS) is 11.4. The molecular formula is C18H16F3N7O2. The Morgan fingerprint density at radius 2 is 2.13 bits per heavy atom. The van der Waals surface area contributed by atoms with E-state index in [0.717, 1.165) is 6.07 Å². The maximum atomic E-state index is 13.6. The molecule has 0 unspecified atom stereocenters. The molecule has 30 heavy (non-hydrogen) atoms. The van der Waals surface area contributed by atoms with Crippen molar-refractivity contribution in [2.45, 2.75) is 6.18 Å². The number of nitrogens with two attached hydrogens (primary N) is 1. The number of nitrogens with one attached hydrogen (secondary N) is 1. The minimum atomic E-state index is -4.68. The van der Waals surface area contributed by atoms with Crippen LogP contribution in [0.3, 0.4) is 0 Å². The number of nitrogens with zero attached hydrogens (tertiary/aromatic N) is 5. The fourth-order valence-corrected chi connectivity index (χ4v) is 2.74. The van der Waals surface area contributed by atoms with E-state index in [4.69, 9.17) is 10.5 Å². The lowest BCUT2D eigenvalue weighted by molar-refractivity contribution is -0.138. The molecule has 0 atom stereocenters. The van der Waals surface area contributed by atoms with E-state index < -0.39 is 17.6 Å². The number of rotatable bonds is 7. The summed E-state index contributed by atoms with van der Waals surface area (Å²) in [6.07, 6.45) is -4.68. The number of nitriles is 1. The number of carbonyl (C=O) groups is 1. The van der Waals surface area contributed by atoms with Gasteiger partial charge >= 0.3 is 6.18 Å². The Kier molecular flexibility index (Phi) is 5.84. The van der Waals surface area contributed by atoms with Crippen molar-refractivity contribution in [3.8, 4) is 23.1 Å². The summed E-state index contributed by atoms with van der Waals surface area (Å²) in [7, 11) is 1.60. The van der Waals surface area contributed by atoms with Crippen LogP contribution in [0.1, 0.15) is 11.3 Å². The molecule has 0 bridgehead atoms. The van der Waals surface area contributed by atoms with Crippen molar-refractivity contribution in [3.63, 3.8) is 0 Å². The van der Waals surface area contributed by atoms with Crippen LogP contribution >= 0.6 is 0 Å². The molecule has 0 saturated heterocycles. The van der Waals surface area contributed by atoms with Gasteiger partial charge in [0.1, 0.15) is 23.9 Å². The van der Waals surface area contributed by atoms with E-state index in [1.54, 1.807) is 7.05 Å². The molecule has 1 amide bonds. The van der Waals surface area contributed by atoms with Crippen molar-refractivity contribution < 1.29 is 22.7 Å². The maximum Gasteiger partial charge on any atom is 0.419 e. The van der Waals surface area contributed by atoms with E-state index in [-0.39, 0.29) is 47.9 Å². The molecule has 156 valence electrons. The third kappa shape index (κ3) is 4.47. The minimum Gasteiger partial charge on any atom is -0.492 e. The fraction of sp³-hybridized carbons (Fsp3) is 0.278. The second-order valence-electron chi connectivity index (χ2n) is 6.25. The smallest absolute Gasteiger partial charge is 0.419 e. The van der Waals surface area contributed by atoms with E-state index in [1.165, 1.54) is 22.9 Å². The standard InChI is InChI=1S/C18H16F3N7O2/c1-28-14-7-12(25-13(8-22)17(14)26-27-28)10-2-3-15(11(6-10)18(19,20)21)30-5-4-24-9-16(23)29/h2-3,6-7,24H,4-5,9H2,1H3,(H2,23,29). The highest BCUT2D eigenvalue weighted by atomic mass is 19.4. The molecule has 3 N–H and O–H groups in total. The number of halogens is 3. The van der Waals surface area contributed by atoms with Crippen LogP contribution in [-0.2, 0) is 18.0 Å². The van der Waals surface area contributed by atoms with Gasteiger partial charge in [-0.2, -0.15) is 18.4 Å². The molecule has 1 aromatic carbocycles. The predicted molar refractivity (Wildman–Crippen MR) is 99.0 cm³/mol. The summed E-state index contributed by atoms with van der Waals surface area (Å²) in [6.45, 7) is -0.0644. The Balaban J connectivity index is 1.94. The van der Waals surface area contributed by atoms with E-state index >= 15 is 0 Å². The van der Waals surface area contributed by atoms with Crippen LogP contribution in [0.15, 0.2) is 24.3 Å². The first-order valence-electron chi connectivity index (χ1n) is 8.64. The second-order valence-corrected chi connectivity index (χ2v) is 6.25. The summed E-state index contributed by atoms with van der Waals surface area (Å²) in [5.41, 5.74) is 5.00. The molecule has 0 aliphatic carbocycles. The average Bonchev–Trinajstić information content (AvgIpc) is 3.07. The molecule has 9 nitrogen and oxygen atoms in total. The molecule has 12 heteroatoms. The largest absolute Gasteiger partial charge is 0.492 e. The third-order valence-corrected chi connectivity index (χ3v) is 4.12. The summed E-state index contributed by atoms with van der Waals surface area (Å²) in [6, 6.07) is 6.91. The number of amides is 1. The lowest BCUT2D eigenvalue weighted by Gasteiger charge is -2.15. The summed E-state index contributed by atoms with van der Waals surface area (Å²) >= 11 is 0. The van der Waals surface area contributed by atoms with Crippen molar-refractivity contribution in [2.24, 2.45) is 12.8 Å². The van der Waals surface area contributed by atoms with Gasteiger partial charge in [0.25, 0.3) is 0 Å². The van der Waals surface area contributed by atoms with Gasteiger partial charge in [-0.1, -0.05) is 5.21 Å². The Hall–Kier alpha value is -3.72. The zero-order chi connectivity index (χ0) is 21.9. The van der Waals surface area contributed by atoms with Gasteiger partial charge in [0.15, 0.2) is 5.69 Å². The topological polar surface area (TPSA) is 132 Å². The number of carbonyl (C=O) groups excluding carboxylic acids is 1. The molecule has 2 heterocycles. The molecule has 0 aliphatic rings. The van der Waals surface area contributed by atoms with Crippen molar-refractivity contribution in [2.75, 3.05) is 19.7 Å². The first-order chi connectivity index (χ1) is 14.2. The van der Waals surface area contributed by atoms with Gasteiger partial charge in [-0.05, 0) is 24.3 Å². The molecule has 0 saturated carbocycles. The van der Waals surface area contributed by atoms with Crippen LogP contribution in [0.2, 0.25) is 0 Å². The summed E-state index contributed by atoms with van der Waals surface area (Å²) in [4.78, 5) is 14.8. The van der Waals surface area contributed by atoms with E-state index in [1.807, 2.05) is 6.07 Å². The zero-order valence-corrected chi connectivity index (χ0v) is 15.7. The van der Waals surface area contributed by atoms with Crippen molar-refractivity contribution in [1.82, 2.24) is 25.3 Å². The Morgan fingerprint density at radius 3 is 2.80 bits per heavy atom. The van der Waals surface area contributed by atoms with Gasteiger partial charge < -0.3 is 15.8 Å². The Morgan fingerprint density at radius 1 is 1.37 bits per heavy atom. The quantitative estimate of drug-likeness (QED) is 0.553. The number of primary amides is 1. The van der Waals surface area contributed by atoms with Crippen molar-refractivity contribution in [3.05, 3.63) is 35.5 Å². The van der Waals surface area contributed by atoms with Crippen LogP contribution < -0.4 is 15.8 Å². The molecular weight excluding hydrogens is 403 g/mol. The molecule has 0 fully saturated rings. The highest BCUT2D eigenvalue weighted by Gasteiger charge is 2.35. The van der Waals surface area contributed by atoms with Crippen LogP contribution in [0.5, 0.6) is 5.75 Å². The number of fused-ring (bicyclic) bond motifs is 1. The zero-order valence-electron chi connectivity index (χ0n) is 15.7. The summed E-state index contributed by atoms with van der Waals surface area (Å²) in [5.74, 6) is -0.948. The van der Waals surface area contributed by atoms with Gasteiger partial charge in [-0.25, -0.2) is 9.67 Å². The van der Waals surface area contributed by atoms with E-state index in [0.29, 0.717) is 5.52 Å². The van der Waals surface area contributed by atoms with Crippen LogP contribution in [0.25, 0.3) is 22.3 Å². The van der Waals surface area contributed by atoms with Crippen LogP contribution in [0.4, 0.5) is 13.2 Å². The monoisotopic (exact) mass is 419 g/mol. The molecule has 2 aromatic heterocycles. The summed E-state index contributed by atoms with van der Waals surface area (Å²) < 4.78 is 47.4. The number of benzene rings is 1. The van der Waals surface area contributed by atoms with Gasteiger partial charge in [0.2, 0.25) is 5.91 Å². The number of hydrogen-bond donors (Lipinski definition) is 2. The van der Waals surface area contributed by atoms with E-state index in [9.17, 15) is 23.2 Å². The first kappa shape index (κ1) is 21.0. The van der Waals surface area contributed by atoms with Gasteiger partial charge in [-0.3, -0.25) is 4.79 Å². The second kappa shape index (κ2) is 8.34. The van der Waals surface area contributed by atoms with Crippen molar-refractivity contribution >= 4 is 16.9 Å². The van der Waals surface area contributed by atoms with E-state index in [2.05, 4.69) is 20.6 Å².